The molecule has 2 aromatic rings. The third kappa shape index (κ3) is 4.51. The van der Waals surface area contributed by atoms with Crippen molar-refractivity contribution >= 4 is 6.03 Å². The normalized spacial score (nSPS) is 15.7. The summed E-state index contributed by atoms with van der Waals surface area (Å²) in [6.45, 7) is 3.05. The topological polar surface area (TPSA) is 82.3 Å². The number of aromatic amines is 1. The lowest BCUT2D eigenvalue weighted by atomic mass is 10.0. The maximum atomic E-state index is 12.1. The Hall–Kier alpha value is -2.54. The number of carbonyl (C=O) groups is 1. The molecule has 134 valence electrons. The van der Waals surface area contributed by atoms with Crippen LogP contribution in [0.3, 0.4) is 0 Å². The number of methoxy groups -OCH3 is 1. The number of nitrogens with zero attached hydrogens (tertiary/aromatic N) is 2. The third-order valence-electron chi connectivity index (χ3n) is 4.53. The van der Waals surface area contributed by atoms with Crippen LogP contribution in [-0.4, -0.2) is 47.9 Å². The van der Waals surface area contributed by atoms with Crippen molar-refractivity contribution in [1.82, 2.24) is 25.7 Å². The summed E-state index contributed by atoms with van der Waals surface area (Å²) < 4.78 is 5.52. The molecule has 1 atom stereocenters. The Morgan fingerprint density at radius 3 is 2.80 bits per heavy atom. The fourth-order valence-electron chi connectivity index (χ4n) is 3.24. The average Bonchev–Trinajstić information content (AvgIpc) is 3.34. The Bertz CT molecular complexity index is 668. The average molecular weight is 343 g/mol. The number of urea groups is 1. The molecule has 2 amide bonds. The summed E-state index contributed by atoms with van der Waals surface area (Å²) in [5.74, 6) is 0.860. The van der Waals surface area contributed by atoms with Crippen LogP contribution in [0.1, 0.15) is 30.1 Å². The lowest BCUT2D eigenvalue weighted by molar-refractivity contribution is 0.218. The molecule has 1 saturated heterocycles. The van der Waals surface area contributed by atoms with Crippen molar-refractivity contribution in [3.8, 4) is 5.75 Å². The zero-order valence-corrected chi connectivity index (χ0v) is 14.5. The first-order valence-corrected chi connectivity index (χ1v) is 8.65. The largest absolute Gasteiger partial charge is 0.496 e. The first-order chi connectivity index (χ1) is 12.3. The molecule has 1 aromatic carbocycles. The minimum Gasteiger partial charge on any atom is -0.496 e. The van der Waals surface area contributed by atoms with Crippen LogP contribution in [0.5, 0.6) is 5.75 Å². The molecular weight excluding hydrogens is 318 g/mol. The molecule has 1 fully saturated rings. The minimum atomic E-state index is -0.186. The lowest BCUT2D eigenvalue weighted by Crippen LogP contribution is -2.41. The summed E-state index contributed by atoms with van der Waals surface area (Å²) in [6.07, 6.45) is 4.05. The number of nitrogens with one attached hydrogen (secondary N) is 3. The van der Waals surface area contributed by atoms with Crippen LogP contribution in [0.15, 0.2) is 36.5 Å². The van der Waals surface area contributed by atoms with Crippen molar-refractivity contribution in [3.63, 3.8) is 0 Å². The van der Waals surface area contributed by atoms with Gasteiger partial charge in [-0.3, -0.25) is 10.00 Å². The van der Waals surface area contributed by atoms with E-state index in [1.807, 2.05) is 24.3 Å². The van der Waals surface area contributed by atoms with Crippen molar-refractivity contribution in [1.29, 1.82) is 0 Å². The van der Waals surface area contributed by atoms with E-state index in [9.17, 15) is 4.79 Å². The molecule has 2 heterocycles. The fourth-order valence-corrected chi connectivity index (χ4v) is 3.24. The Morgan fingerprint density at radius 1 is 1.28 bits per heavy atom. The van der Waals surface area contributed by atoms with Gasteiger partial charge >= 0.3 is 6.03 Å². The predicted molar refractivity (Wildman–Crippen MR) is 95.4 cm³/mol. The van der Waals surface area contributed by atoms with Crippen LogP contribution < -0.4 is 15.4 Å². The van der Waals surface area contributed by atoms with Gasteiger partial charge in [0.2, 0.25) is 0 Å². The number of para-hydroxylation sites is 1. The van der Waals surface area contributed by atoms with Gasteiger partial charge in [0.15, 0.2) is 0 Å². The predicted octanol–water partition coefficient (Wildman–Crippen LogP) is 2.05. The standard InChI is InChI=1S/C18H25N5O2/c1-25-17-7-3-2-6-15(17)16(23-10-4-5-11-23)13-20-18(24)19-12-14-8-9-21-22-14/h2-3,6-9,16H,4-5,10-13H2,1H3,(H,21,22)(H2,19,20,24)/t16-/m0/s1. The van der Waals surface area contributed by atoms with Gasteiger partial charge in [0.05, 0.1) is 25.4 Å². The molecule has 0 aliphatic carbocycles. The van der Waals surface area contributed by atoms with E-state index in [1.54, 1.807) is 13.3 Å². The Labute approximate surface area is 147 Å². The monoisotopic (exact) mass is 343 g/mol. The van der Waals surface area contributed by atoms with Gasteiger partial charge in [-0.05, 0) is 38.1 Å². The highest BCUT2D eigenvalue weighted by molar-refractivity contribution is 5.73. The van der Waals surface area contributed by atoms with Gasteiger partial charge in [0.1, 0.15) is 5.75 Å². The van der Waals surface area contributed by atoms with Crippen LogP contribution in [0.25, 0.3) is 0 Å². The van der Waals surface area contributed by atoms with E-state index < -0.39 is 0 Å². The molecular formula is C18H25N5O2. The summed E-state index contributed by atoms with van der Waals surface area (Å²) >= 11 is 0. The SMILES string of the molecule is COc1ccccc1[C@H](CNC(=O)NCc1ccn[nH]1)N1CCCC1. The number of aromatic nitrogens is 2. The van der Waals surface area contributed by atoms with Crippen LogP contribution in [0, 0.1) is 0 Å². The quantitative estimate of drug-likeness (QED) is 0.719. The molecule has 25 heavy (non-hydrogen) atoms. The van der Waals surface area contributed by atoms with Crippen LogP contribution >= 0.6 is 0 Å². The third-order valence-corrected chi connectivity index (χ3v) is 4.53. The molecule has 0 saturated carbocycles. The molecule has 0 unspecified atom stereocenters. The number of benzene rings is 1. The zero-order valence-electron chi connectivity index (χ0n) is 14.5. The van der Waals surface area contributed by atoms with E-state index in [2.05, 4.69) is 31.8 Å². The summed E-state index contributed by atoms with van der Waals surface area (Å²) in [6, 6.07) is 9.78. The summed E-state index contributed by atoms with van der Waals surface area (Å²) in [4.78, 5) is 14.5. The number of amides is 2. The van der Waals surface area contributed by atoms with Gasteiger partial charge in [0.25, 0.3) is 0 Å². The Kier molecular flexibility index (Phi) is 5.90. The molecule has 3 N–H and O–H groups in total. The Morgan fingerprint density at radius 2 is 2.08 bits per heavy atom. The lowest BCUT2D eigenvalue weighted by Gasteiger charge is -2.29. The van der Waals surface area contributed by atoms with E-state index in [0.29, 0.717) is 13.1 Å². The van der Waals surface area contributed by atoms with Crippen LogP contribution in [-0.2, 0) is 6.54 Å². The second-order valence-electron chi connectivity index (χ2n) is 6.15. The van der Waals surface area contributed by atoms with E-state index in [4.69, 9.17) is 4.74 Å². The molecule has 1 aliphatic rings. The first-order valence-electron chi connectivity index (χ1n) is 8.65. The van der Waals surface area contributed by atoms with Crippen LogP contribution in [0.4, 0.5) is 4.79 Å². The van der Waals surface area contributed by atoms with E-state index in [0.717, 1.165) is 30.1 Å². The number of carbonyl (C=O) groups excluding carboxylic acids is 1. The summed E-state index contributed by atoms with van der Waals surface area (Å²) in [5.41, 5.74) is 1.98. The fraction of sp³-hybridized carbons (Fsp3) is 0.444. The van der Waals surface area contributed by atoms with Gasteiger partial charge in [-0.25, -0.2) is 4.79 Å². The molecule has 0 spiro atoms. The Balaban J connectivity index is 1.62. The highest BCUT2D eigenvalue weighted by atomic mass is 16.5. The second-order valence-corrected chi connectivity index (χ2v) is 6.15. The van der Waals surface area contributed by atoms with Gasteiger partial charge in [0, 0.05) is 18.3 Å². The smallest absolute Gasteiger partial charge is 0.315 e. The molecule has 3 rings (SSSR count). The minimum absolute atomic E-state index is 0.108. The van der Waals surface area contributed by atoms with Crippen molar-refractivity contribution in [2.45, 2.75) is 25.4 Å². The van der Waals surface area contributed by atoms with E-state index >= 15 is 0 Å². The van der Waals surface area contributed by atoms with Gasteiger partial charge in [-0.1, -0.05) is 18.2 Å². The molecule has 7 nitrogen and oxygen atoms in total. The highest BCUT2D eigenvalue weighted by Gasteiger charge is 2.26. The van der Waals surface area contributed by atoms with Crippen LogP contribution in [0.2, 0.25) is 0 Å². The molecule has 0 radical (unpaired) electrons. The number of likely N-dealkylation sites (tertiary alicyclic amines) is 1. The zero-order chi connectivity index (χ0) is 17.5. The molecule has 1 aromatic heterocycles. The van der Waals surface area contributed by atoms with Crippen molar-refractivity contribution < 1.29 is 9.53 Å². The molecule has 1 aliphatic heterocycles. The van der Waals surface area contributed by atoms with Gasteiger partial charge in [-0.2, -0.15) is 5.10 Å². The molecule has 0 bridgehead atoms. The summed E-state index contributed by atoms with van der Waals surface area (Å²) in [7, 11) is 1.68. The van der Waals surface area contributed by atoms with Crippen molar-refractivity contribution in [2.24, 2.45) is 0 Å². The maximum Gasteiger partial charge on any atom is 0.315 e. The number of hydrogen-bond donors (Lipinski definition) is 3. The second kappa shape index (κ2) is 8.53. The van der Waals surface area contributed by atoms with E-state index in [-0.39, 0.29) is 12.1 Å². The number of H-pyrrole nitrogens is 1. The highest BCUT2D eigenvalue weighted by Crippen LogP contribution is 2.31. The number of ether oxygens (including phenoxy) is 1. The van der Waals surface area contributed by atoms with Gasteiger partial charge in [-0.15, -0.1) is 0 Å². The first kappa shape index (κ1) is 17.3. The molecule has 7 heteroatoms. The van der Waals surface area contributed by atoms with Crippen molar-refractivity contribution in [3.05, 3.63) is 47.8 Å². The maximum absolute atomic E-state index is 12.1. The number of hydrogen-bond acceptors (Lipinski definition) is 4. The van der Waals surface area contributed by atoms with Gasteiger partial charge < -0.3 is 15.4 Å². The number of rotatable bonds is 7. The van der Waals surface area contributed by atoms with E-state index in [1.165, 1.54) is 12.8 Å². The summed E-state index contributed by atoms with van der Waals surface area (Å²) in [5, 5.41) is 12.5. The van der Waals surface area contributed by atoms with Crippen molar-refractivity contribution in [2.75, 3.05) is 26.7 Å².